The Kier molecular flexibility index (Phi) is 5.28. The first-order valence-corrected chi connectivity index (χ1v) is 10.1. The minimum absolute atomic E-state index is 0.229. The smallest absolute Gasteiger partial charge is 0.224 e. The number of benzene rings is 1. The number of aromatic nitrogens is 3. The van der Waals surface area contributed by atoms with Crippen LogP contribution in [-0.2, 0) is 4.79 Å². The molecule has 28 heavy (non-hydrogen) atoms. The van der Waals surface area contributed by atoms with Gasteiger partial charge < -0.3 is 10.2 Å². The fourth-order valence-electron chi connectivity index (χ4n) is 3.97. The molecule has 1 atom stereocenters. The summed E-state index contributed by atoms with van der Waals surface area (Å²) >= 11 is 0. The molecule has 0 aliphatic carbocycles. The van der Waals surface area contributed by atoms with Crippen LogP contribution in [0.1, 0.15) is 38.2 Å². The largest absolute Gasteiger partial charge is 0.369 e. The zero-order chi connectivity index (χ0) is 19.5. The average Bonchev–Trinajstić information content (AvgIpc) is 3.07. The lowest BCUT2D eigenvalue weighted by molar-refractivity contribution is -0.134. The van der Waals surface area contributed by atoms with Gasteiger partial charge >= 0.3 is 0 Å². The van der Waals surface area contributed by atoms with Gasteiger partial charge in [-0.3, -0.25) is 14.2 Å². The number of piperidine rings is 1. The number of carbonyl (C=O) groups excluding carboxylic acids is 1. The third-order valence-electron chi connectivity index (χ3n) is 5.48. The van der Waals surface area contributed by atoms with E-state index in [1.54, 1.807) is 12.4 Å². The maximum Gasteiger partial charge on any atom is 0.224 e. The Morgan fingerprint density at radius 3 is 3.04 bits per heavy atom. The number of nitrogens with one attached hydrogen (secondary N) is 1. The van der Waals surface area contributed by atoms with E-state index in [2.05, 4.69) is 42.3 Å². The van der Waals surface area contributed by atoms with E-state index in [9.17, 15) is 4.79 Å². The molecule has 6 nitrogen and oxygen atoms in total. The van der Waals surface area contributed by atoms with Crippen molar-refractivity contribution in [1.82, 2.24) is 19.3 Å². The summed E-state index contributed by atoms with van der Waals surface area (Å²) in [6.07, 6.45) is 9.33. The summed E-state index contributed by atoms with van der Waals surface area (Å²) in [6.45, 7) is 5.69. The van der Waals surface area contributed by atoms with Gasteiger partial charge in [-0.15, -0.1) is 0 Å². The standard InChI is InChI=1S/C22H27N5O/c1-16-6-5-8-18(14-16)21-22(27-13-11-23-15-19(27)25-21)24-10-9-20(28)26-12-4-3-7-17(26)2/h5-6,8,11,13-15,17,24H,3-4,7,9-10,12H2,1-2H3. The number of likely N-dealkylation sites (tertiary alicyclic amines) is 1. The van der Waals surface area contributed by atoms with Crippen molar-refractivity contribution in [2.24, 2.45) is 0 Å². The zero-order valence-corrected chi connectivity index (χ0v) is 16.6. The summed E-state index contributed by atoms with van der Waals surface area (Å²) in [5.41, 5.74) is 3.92. The highest BCUT2D eigenvalue weighted by Gasteiger charge is 2.23. The van der Waals surface area contributed by atoms with Crippen LogP contribution < -0.4 is 5.32 Å². The van der Waals surface area contributed by atoms with Crippen molar-refractivity contribution in [2.75, 3.05) is 18.4 Å². The molecular weight excluding hydrogens is 350 g/mol. The van der Waals surface area contributed by atoms with Crippen LogP contribution in [0, 0.1) is 6.92 Å². The molecule has 146 valence electrons. The lowest BCUT2D eigenvalue weighted by Gasteiger charge is -2.33. The second-order valence-corrected chi connectivity index (χ2v) is 7.59. The number of nitrogens with zero attached hydrogens (tertiary/aromatic N) is 4. The van der Waals surface area contributed by atoms with Gasteiger partial charge in [0.2, 0.25) is 5.91 Å². The van der Waals surface area contributed by atoms with Crippen LogP contribution in [0.25, 0.3) is 16.9 Å². The molecule has 2 aromatic heterocycles. The van der Waals surface area contributed by atoms with Crippen LogP contribution in [0.2, 0.25) is 0 Å². The minimum Gasteiger partial charge on any atom is -0.369 e. The molecule has 0 saturated carbocycles. The van der Waals surface area contributed by atoms with E-state index in [0.29, 0.717) is 19.0 Å². The number of fused-ring (bicyclic) bond motifs is 1. The number of imidazole rings is 1. The summed E-state index contributed by atoms with van der Waals surface area (Å²) in [4.78, 5) is 23.6. The number of hydrogen-bond acceptors (Lipinski definition) is 4. The van der Waals surface area contributed by atoms with Gasteiger partial charge in [0.25, 0.3) is 0 Å². The third kappa shape index (κ3) is 3.72. The highest BCUT2D eigenvalue weighted by molar-refractivity contribution is 5.79. The second kappa shape index (κ2) is 8.00. The van der Waals surface area contributed by atoms with Crippen molar-refractivity contribution in [3.05, 3.63) is 48.4 Å². The van der Waals surface area contributed by atoms with Crippen molar-refractivity contribution in [2.45, 2.75) is 45.6 Å². The Bertz CT molecular complexity index is 980. The molecule has 1 aliphatic heterocycles. The van der Waals surface area contributed by atoms with Gasteiger partial charge in [-0.25, -0.2) is 4.98 Å². The number of hydrogen-bond donors (Lipinski definition) is 1. The Hall–Kier alpha value is -2.89. The lowest BCUT2D eigenvalue weighted by Crippen LogP contribution is -2.42. The molecule has 1 N–H and O–H groups in total. The van der Waals surface area contributed by atoms with Gasteiger partial charge in [0.05, 0.1) is 6.20 Å². The van der Waals surface area contributed by atoms with Crippen LogP contribution in [-0.4, -0.2) is 44.3 Å². The molecule has 0 bridgehead atoms. The van der Waals surface area contributed by atoms with E-state index < -0.39 is 0 Å². The van der Waals surface area contributed by atoms with Gasteiger partial charge in [0.15, 0.2) is 5.65 Å². The summed E-state index contributed by atoms with van der Waals surface area (Å²) in [5.74, 6) is 1.13. The summed E-state index contributed by atoms with van der Waals surface area (Å²) in [7, 11) is 0. The zero-order valence-electron chi connectivity index (χ0n) is 16.6. The number of amides is 1. The number of carbonyl (C=O) groups is 1. The van der Waals surface area contributed by atoms with Crippen LogP contribution in [0.3, 0.4) is 0 Å². The molecule has 1 aliphatic rings. The van der Waals surface area contributed by atoms with Crippen molar-refractivity contribution in [3.63, 3.8) is 0 Å². The fourth-order valence-corrected chi connectivity index (χ4v) is 3.97. The number of aryl methyl sites for hydroxylation is 1. The second-order valence-electron chi connectivity index (χ2n) is 7.59. The maximum absolute atomic E-state index is 12.7. The van der Waals surface area contributed by atoms with Crippen LogP contribution in [0.5, 0.6) is 0 Å². The van der Waals surface area contributed by atoms with Crippen molar-refractivity contribution in [3.8, 4) is 11.3 Å². The predicted octanol–water partition coefficient (Wildman–Crippen LogP) is 3.91. The molecule has 1 saturated heterocycles. The summed E-state index contributed by atoms with van der Waals surface area (Å²) in [5, 5.41) is 3.46. The van der Waals surface area contributed by atoms with Crippen molar-refractivity contribution >= 4 is 17.4 Å². The predicted molar refractivity (Wildman–Crippen MR) is 111 cm³/mol. The topological polar surface area (TPSA) is 62.5 Å². The van der Waals surface area contributed by atoms with Crippen LogP contribution in [0.15, 0.2) is 42.9 Å². The van der Waals surface area contributed by atoms with E-state index in [-0.39, 0.29) is 5.91 Å². The van der Waals surface area contributed by atoms with Gasteiger partial charge in [0.1, 0.15) is 11.5 Å². The first-order chi connectivity index (χ1) is 13.6. The molecule has 6 heteroatoms. The summed E-state index contributed by atoms with van der Waals surface area (Å²) in [6, 6.07) is 8.66. The van der Waals surface area contributed by atoms with E-state index >= 15 is 0 Å². The van der Waals surface area contributed by atoms with E-state index in [0.717, 1.165) is 42.1 Å². The van der Waals surface area contributed by atoms with Gasteiger partial charge in [-0.2, -0.15) is 0 Å². The van der Waals surface area contributed by atoms with Crippen molar-refractivity contribution in [1.29, 1.82) is 0 Å². The molecule has 1 amide bonds. The number of rotatable bonds is 5. The molecule has 3 heterocycles. The molecule has 1 fully saturated rings. The van der Waals surface area contributed by atoms with E-state index in [1.807, 2.05) is 21.6 Å². The maximum atomic E-state index is 12.7. The molecular formula is C22H27N5O. The number of anilines is 1. The van der Waals surface area contributed by atoms with Gasteiger partial charge in [-0.05, 0) is 39.2 Å². The molecule has 1 unspecified atom stereocenters. The summed E-state index contributed by atoms with van der Waals surface area (Å²) < 4.78 is 2.00. The molecule has 1 aromatic carbocycles. The highest BCUT2D eigenvalue weighted by atomic mass is 16.2. The Balaban J connectivity index is 1.54. The normalized spacial score (nSPS) is 17.1. The van der Waals surface area contributed by atoms with Crippen LogP contribution in [0.4, 0.5) is 5.82 Å². The monoisotopic (exact) mass is 377 g/mol. The van der Waals surface area contributed by atoms with Crippen molar-refractivity contribution < 1.29 is 4.79 Å². The Labute approximate surface area is 165 Å². The quantitative estimate of drug-likeness (QED) is 0.732. The van der Waals surface area contributed by atoms with Crippen LogP contribution >= 0.6 is 0 Å². The molecule has 0 spiro atoms. The first-order valence-electron chi connectivity index (χ1n) is 10.1. The first kappa shape index (κ1) is 18.5. The SMILES string of the molecule is Cc1cccc(-c2nc3cnccn3c2NCCC(=O)N2CCCCC2C)c1. The fraction of sp³-hybridized carbons (Fsp3) is 0.409. The average molecular weight is 377 g/mol. The van der Waals surface area contributed by atoms with Gasteiger partial charge in [0, 0.05) is 43.5 Å². The Morgan fingerprint density at radius 2 is 2.21 bits per heavy atom. The minimum atomic E-state index is 0.229. The van der Waals surface area contributed by atoms with Gasteiger partial charge in [-0.1, -0.05) is 23.8 Å². The highest BCUT2D eigenvalue weighted by Crippen LogP contribution is 2.29. The molecule has 3 aromatic rings. The molecule has 0 radical (unpaired) electrons. The third-order valence-corrected chi connectivity index (χ3v) is 5.48. The van der Waals surface area contributed by atoms with E-state index in [4.69, 9.17) is 4.98 Å². The molecule has 4 rings (SSSR count). The lowest BCUT2D eigenvalue weighted by atomic mass is 10.0. The Morgan fingerprint density at radius 1 is 1.32 bits per heavy atom. The van der Waals surface area contributed by atoms with E-state index in [1.165, 1.54) is 12.0 Å².